The lowest BCUT2D eigenvalue weighted by molar-refractivity contribution is -0.0503. The van der Waals surface area contributed by atoms with Crippen LogP contribution >= 0.6 is 12.4 Å². The van der Waals surface area contributed by atoms with Crippen LogP contribution in [0.3, 0.4) is 0 Å². The van der Waals surface area contributed by atoms with Gasteiger partial charge in [-0.15, -0.1) is 12.4 Å². The van der Waals surface area contributed by atoms with Crippen LogP contribution in [0.25, 0.3) is 0 Å². The van der Waals surface area contributed by atoms with Crippen LogP contribution < -0.4 is 10.5 Å². The highest BCUT2D eigenvalue weighted by atomic mass is 35.5. The van der Waals surface area contributed by atoms with Gasteiger partial charge in [-0.2, -0.15) is 8.78 Å². The van der Waals surface area contributed by atoms with Crippen LogP contribution in [0.5, 0.6) is 5.75 Å². The maximum Gasteiger partial charge on any atom is 0.387 e. The molecule has 1 aromatic carbocycles. The van der Waals surface area contributed by atoms with Crippen LogP contribution in [-0.2, 0) is 0 Å². The number of carbonyl (C=O) groups is 1. The van der Waals surface area contributed by atoms with Gasteiger partial charge in [-0.25, -0.2) is 4.79 Å². The predicted octanol–water partition coefficient (Wildman–Crippen LogP) is 1.99. The van der Waals surface area contributed by atoms with E-state index in [1.807, 2.05) is 0 Å². The lowest BCUT2D eigenvalue weighted by Gasteiger charge is -2.07. The summed E-state index contributed by atoms with van der Waals surface area (Å²) in [6.07, 6.45) is 0. The minimum Gasteiger partial charge on any atom is -0.478 e. The molecule has 0 aromatic heterocycles. The first-order valence-corrected chi connectivity index (χ1v) is 3.58. The maximum absolute atomic E-state index is 11.8. The van der Waals surface area contributed by atoms with Crippen LogP contribution in [0.15, 0.2) is 18.2 Å². The molecule has 0 aliphatic carbocycles. The molecule has 3 N–H and O–H groups in total. The van der Waals surface area contributed by atoms with Crippen molar-refractivity contribution in [1.82, 2.24) is 0 Å². The fraction of sp³-hybridized carbons (Fsp3) is 0.125. The molecule has 4 nitrogen and oxygen atoms in total. The van der Waals surface area contributed by atoms with E-state index in [2.05, 4.69) is 4.74 Å². The number of halogens is 3. The zero-order valence-corrected chi connectivity index (χ0v) is 8.13. The molecule has 0 aliphatic heterocycles. The number of alkyl halides is 2. The molecule has 84 valence electrons. The molecule has 0 radical (unpaired) electrons. The number of hydrogen-bond donors (Lipinski definition) is 2. The third kappa shape index (κ3) is 3.59. The quantitative estimate of drug-likeness (QED) is 0.791. The van der Waals surface area contributed by atoms with E-state index >= 15 is 0 Å². The SMILES string of the molecule is Cl.Nc1ccc(OC(F)F)c(C(=O)O)c1. The van der Waals surface area contributed by atoms with Gasteiger partial charge in [-0.05, 0) is 18.2 Å². The highest BCUT2D eigenvalue weighted by Gasteiger charge is 2.14. The molecule has 0 saturated heterocycles. The number of nitrogens with two attached hydrogens (primary N) is 1. The summed E-state index contributed by atoms with van der Waals surface area (Å²) in [4.78, 5) is 10.6. The molecule has 0 saturated carbocycles. The number of carboxylic acids is 1. The molecular weight excluding hydrogens is 232 g/mol. The van der Waals surface area contributed by atoms with Gasteiger partial charge in [-0.1, -0.05) is 0 Å². The lowest BCUT2D eigenvalue weighted by atomic mass is 10.2. The smallest absolute Gasteiger partial charge is 0.387 e. The Labute approximate surface area is 90.1 Å². The van der Waals surface area contributed by atoms with Gasteiger partial charge in [0, 0.05) is 5.69 Å². The monoisotopic (exact) mass is 239 g/mol. The Balaban J connectivity index is 0.00000196. The summed E-state index contributed by atoms with van der Waals surface area (Å²) in [6.45, 7) is -3.06. The van der Waals surface area contributed by atoms with Crippen LogP contribution in [0.4, 0.5) is 14.5 Å². The average molecular weight is 240 g/mol. The van der Waals surface area contributed by atoms with Gasteiger partial charge in [0.25, 0.3) is 0 Å². The van der Waals surface area contributed by atoms with Crippen LogP contribution in [-0.4, -0.2) is 17.7 Å². The molecule has 0 atom stereocenters. The van der Waals surface area contributed by atoms with Gasteiger partial charge < -0.3 is 15.6 Å². The fourth-order valence-corrected chi connectivity index (χ4v) is 0.913. The number of aromatic carboxylic acids is 1. The summed E-state index contributed by atoms with van der Waals surface area (Å²) in [6, 6.07) is 3.43. The number of carboxylic acid groups (broad SMARTS) is 1. The Bertz CT molecular complexity index is 360. The van der Waals surface area contributed by atoms with Crippen molar-refractivity contribution < 1.29 is 23.4 Å². The summed E-state index contributed by atoms with van der Waals surface area (Å²) >= 11 is 0. The second-order valence-corrected chi connectivity index (χ2v) is 2.44. The molecule has 0 spiro atoms. The molecular formula is C8H8ClF2NO3. The summed E-state index contributed by atoms with van der Waals surface area (Å²) < 4.78 is 27.6. The van der Waals surface area contributed by atoms with Crippen LogP contribution in [0, 0.1) is 0 Å². The normalized spacial score (nSPS) is 9.53. The third-order valence-corrected chi connectivity index (χ3v) is 1.45. The summed E-state index contributed by atoms with van der Waals surface area (Å²) in [5.74, 6) is -1.77. The minimum absolute atomic E-state index is 0. The Morgan fingerprint density at radius 1 is 1.47 bits per heavy atom. The topological polar surface area (TPSA) is 72.5 Å². The fourth-order valence-electron chi connectivity index (χ4n) is 0.913. The van der Waals surface area contributed by atoms with Crippen molar-refractivity contribution >= 4 is 24.1 Å². The van der Waals surface area contributed by atoms with Gasteiger partial charge in [-0.3, -0.25) is 0 Å². The van der Waals surface area contributed by atoms with Crippen LogP contribution in [0.1, 0.15) is 10.4 Å². The van der Waals surface area contributed by atoms with Gasteiger partial charge in [0.05, 0.1) is 0 Å². The number of anilines is 1. The standard InChI is InChI=1S/C8H7F2NO3.ClH/c9-8(10)14-6-2-1-4(11)3-5(6)7(12)13;/h1-3,8H,11H2,(H,12,13);1H. The van der Waals surface area contributed by atoms with Crippen molar-refractivity contribution in [2.45, 2.75) is 6.61 Å². The molecule has 0 unspecified atom stereocenters. The minimum atomic E-state index is -3.06. The van der Waals surface area contributed by atoms with E-state index in [4.69, 9.17) is 10.8 Å². The van der Waals surface area contributed by atoms with Gasteiger partial charge in [0.2, 0.25) is 0 Å². The molecule has 0 amide bonds. The second kappa shape index (κ2) is 5.35. The van der Waals surface area contributed by atoms with E-state index in [9.17, 15) is 13.6 Å². The summed E-state index contributed by atoms with van der Waals surface area (Å²) in [5.41, 5.74) is 5.08. The zero-order valence-electron chi connectivity index (χ0n) is 7.31. The molecule has 0 fully saturated rings. The summed E-state index contributed by atoms with van der Waals surface area (Å²) in [7, 11) is 0. The van der Waals surface area contributed by atoms with E-state index in [1.165, 1.54) is 6.07 Å². The number of rotatable bonds is 3. The molecule has 0 heterocycles. The van der Waals surface area contributed by atoms with Crippen molar-refractivity contribution in [2.24, 2.45) is 0 Å². The number of ether oxygens (including phenoxy) is 1. The zero-order chi connectivity index (χ0) is 10.7. The Hall–Kier alpha value is -1.56. The second-order valence-electron chi connectivity index (χ2n) is 2.44. The van der Waals surface area contributed by atoms with Crippen molar-refractivity contribution in [3.05, 3.63) is 23.8 Å². The summed E-state index contributed by atoms with van der Waals surface area (Å²) in [5, 5.41) is 8.62. The van der Waals surface area contributed by atoms with Crippen molar-refractivity contribution in [2.75, 3.05) is 5.73 Å². The third-order valence-electron chi connectivity index (χ3n) is 1.45. The highest BCUT2D eigenvalue weighted by Crippen LogP contribution is 2.22. The van der Waals surface area contributed by atoms with E-state index in [-0.39, 0.29) is 23.7 Å². The van der Waals surface area contributed by atoms with Crippen molar-refractivity contribution in [3.63, 3.8) is 0 Å². The largest absolute Gasteiger partial charge is 0.478 e. The number of nitrogen functional groups attached to an aromatic ring is 1. The molecule has 7 heteroatoms. The van der Waals surface area contributed by atoms with Gasteiger partial charge in [0.15, 0.2) is 0 Å². The first kappa shape index (κ1) is 13.4. The Kier molecular flexibility index (Phi) is 4.80. The average Bonchev–Trinajstić information content (AvgIpc) is 2.07. The van der Waals surface area contributed by atoms with E-state index in [0.717, 1.165) is 12.1 Å². The molecule has 0 aliphatic rings. The molecule has 0 bridgehead atoms. The molecule has 1 rings (SSSR count). The van der Waals surface area contributed by atoms with Crippen LogP contribution in [0.2, 0.25) is 0 Å². The highest BCUT2D eigenvalue weighted by molar-refractivity contribution is 5.92. The Morgan fingerprint density at radius 3 is 2.53 bits per heavy atom. The Morgan fingerprint density at radius 2 is 2.07 bits per heavy atom. The lowest BCUT2D eigenvalue weighted by Crippen LogP contribution is -2.08. The number of hydrogen-bond acceptors (Lipinski definition) is 3. The molecule has 15 heavy (non-hydrogen) atoms. The van der Waals surface area contributed by atoms with E-state index in [1.54, 1.807) is 0 Å². The number of benzene rings is 1. The van der Waals surface area contributed by atoms with Crippen molar-refractivity contribution in [1.29, 1.82) is 0 Å². The van der Waals surface area contributed by atoms with E-state index < -0.39 is 18.3 Å². The predicted molar refractivity (Wildman–Crippen MR) is 51.7 cm³/mol. The van der Waals surface area contributed by atoms with E-state index in [0.29, 0.717) is 0 Å². The first-order chi connectivity index (χ1) is 6.50. The van der Waals surface area contributed by atoms with Gasteiger partial charge in [0.1, 0.15) is 11.3 Å². The first-order valence-electron chi connectivity index (χ1n) is 3.58. The van der Waals surface area contributed by atoms with Crippen molar-refractivity contribution in [3.8, 4) is 5.75 Å². The molecule has 1 aromatic rings. The van der Waals surface area contributed by atoms with Gasteiger partial charge >= 0.3 is 12.6 Å². The maximum atomic E-state index is 11.8.